The van der Waals surface area contributed by atoms with Crippen LogP contribution in [0.25, 0.3) is 0 Å². The molecular formula is C16H15Cl2NO3S. The van der Waals surface area contributed by atoms with Gasteiger partial charge < -0.3 is 0 Å². The number of hydrogen-bond acceptors (Lipinski definition) is 3. The average Bonchev–Trinajstić information content (AvgIpc) is 2.48. The quantitative estimate of drug-likeness (QED) is 0.748. The Labute approximate surface area is 145 Å². The number of hydrogen-bond donors (Lipinski definition) is 0. The Morgan fingerprint density at radius 3 is 2.26 bits per heavy atom. The summed E-state index contributed by atoms with van der Waals surface area (Å²) in [5, 5.41) is -0.367. The van der Waals surface area contributed by atoms with Gasteiger partial charge in [-0.2, -0.15) is 0 Å². The van der Waals surface area contributed by atoms with E-state index in [2.05, 4.69) is 0 Å². The first-order chi connectivity index (χ1) is 10.7. The molecule has 0 aliphatic heterocycles. The number of sulfonamides is 1. The summed E-state index contributed by atoms with van der Waals surface area (Å²) in [5.41, 5.74) is 1.82. The van der Waals surface area contributed by atoms with Gasteiger partial charge in [-0.15, -0.1) is 0 Å². The highest BCUT2D eigenvalue weighted by Crippen LogP contribution is 2.31. The molecule has 0 radical (unpaired) electrons. The lowest BCUT2D eigenvalue weighted by Crippen LogP contribution is -2.35. The van der Waals surface area contributed by atoms with Crippen molar-refractivity contribution in [3.63, 3.8) is 0 Å². The van der Waals surface area contributed by atoms with Crippen LogP contribution in [0.15, 0.2) is 47.4 Å². The third-order valence-corrected chi connectivity index (χ3v) is 5.69. The molecule has 4 nitrogen and oxygen atoms in total. The highest BCUT2D eigenvalue weighted by molar-refractivity contribution is 7.92. The molecule has 2 aromatic carbocycles. The van der Waals surface area contributed by atoms with Crippen LogP contribution in [0, 0.1) is 13.8 Å². The lowest BCUT2D eigenvalue weighted by molar-refractivity contribution is -0.110. The minimum Gasteiger partial charge on any atom is -0.279 e. The molecule has 0 saturated heterocycles. The van der Waals surface area contributed by atoms with E-state index in [0.717, 1.165) is 9.87 Å². The number of halogens is 2. The number of nitrogens with zero attached hydrogens (tertiary/aromatic N) is 1. The topological polar surface area (TPSA) is 54.5 Å². The molecule has 0 atom stereocenters. The van der Waals surface area contributed by atoms with Gasteiger partial charge in [0.15, 0.2) is 0 Å². The van der Waals surface area contributed by atoms with Crippen LogP contribution < -0.4 is 4.31 Å². The van der Waals surface area contributed by atoms with Gasteiger partial charge in [0.1, 0.15) is 6.54 Å². The SMILES string of the molecule is Cc1ccc(S(=O)(=O)N(CC(=O)Cl)c2cccc(Cl)c2C)cc1. The van der Waals surface area contributed by atoms with Crippen LogP contribution in [0.1, 0.15) is 11.1 Å². The first kappa shape index (κ1) is 17.8. The predicted octanol–water partition coefficient (Wildman–Crippen LogP) is 3.92. The molecule has 0 aromatic heterocycles. The summed E-state index contributed by atoms with van der Waals surface area (Å²) in [4.78, 5) is 11.5. The largest absolute Gasteiger partial charge is 0.279 e. The van der Waals surface area contributed by atoms with Gasteiger partial charge in [-0.25, -0.2) is 8.42 Å². The van der Waals surface area contributed by atoms with E-state index >= 15 is 0 Å². The number of aryl methyl sites for hydroxylation is 1. The maximum Gasteiger partial charge on any atom is 0.264 e. The Balaban J connectivity index is 2.60. The van der Waals surface area contributed by atoms with Crippen LogP contribution in [0.4, 0.5) is 5.69 Å². The molecule has 2 rings (SSSR count). The molecule has 0 aliphatic rings. The molecule has 0 spiro atoms. The Bertz CT molecular complexity index is 833. The van der Waals surface area contributed by atoms with Crippen LogP contribution in [0.5, 0.6) is 0 Å². The Morgan fingerprint density at radius 2 is 1.70 bits per heavy atom. The molecular weight excluding hydrogens is 357 g/mol. The number of carbonyl (C=O) groups is 1. The van der Waals surface area contributed by atoms with Gasteiger partial charge in [-0.3, -0.25) is 9.10 Å². The molecule has 0 N–H and O–H groups in total. The monoisotopic (exact) mass is 371 g/mol. The molecule has 0 amide bonds. The zero-order valence-electron chi connectivity index (χ0n) is 12.6. The summed E-state index contributed by atoms with van der Waals surface area (Å²) in [5.74, 6) is 0. The summed E-state index contributed by atoms with van der Waals surface area (Å²) >= 11 is 11.5. The molecule has 23 heavy (non-hydrogen) atoms. The minimum atomic E-state index is -3.94. The third-order valence-electron chi connectivity index (χ3n) is 3.38. The van der Waals surface area contributed by atoms with Gasteiger partial charge in [0.2, 0.25) is 5.24 Å². The fraction of sp³-hybridized carbons (Fsp3) is 0.188. The van der Waals surface area contributed by atoms with Crippen LogP contribution in [0.2, 0.25) is 5.02 Å². The first-order valence-corrected chi connectivity index (χ1v) is 8.96. The predicted molar refractivity (Wildman–Crippen MR) is 92.8 cm³/mol. The second-order valence-electron chi connectivity index (χ2n) is 5.06. The van der Waals surface area contributed by atoms with E-state index < -0.39 is 21.8 Å². The summed E-state index contributed by atoms with van der Waals surface area (Å²) in [6.07, 6.45) is 0. The lowest BCUT2D eigenvalue weighted by atomic mass is 10.2. The second-order valence-corrected chi connectivity index (χ2v) is 7.75. The van der Waals surface area contributed by atoms with Crippen molar-refractivity contribution in [1.82, 2.24) is 0 Å². The van der Waals surface area contributed by atoms with Crippen LogP contribution in [-0.4, -0.2) is 20.2 Å². The Kier molecular flexibility index (Phi) is 5.34. The van der Waals surface area contributed by atoms with Gasteiger partial charge in [0, 0.05) is 5.02 Å². The van der Waals surface area contributed by atoms with Gasteiger partial charge in [-0.05, 0) is 55.3 Å². The van der Waals surface area contributed by atoms with Crippen molar-refractivity contribution in [2.24, 2.45) is 0 Å². The van der Waals surface area contributed by atoms with Gasteiger partial charge in [-0.1, -0.05) is 35.4 Å². The average molecular weight is 372 g/mol. The van der Waals surface area contributed by atoms with Crippen molar-refractivity contribution < 1.29 is 13.2 Å². The standard InChI is InChI=1S/C16H15Cl2NO3S/c1-11-6-8-13(9-7-11)23(21,22)19(10-16(18)20)15-5-3-4-14(17)12(15)2/h3-9H,10H2,1-2H3. The number of benzene rings is 2. The summed E-state index contributed by atoms with van der Waals surface area (Å²) in [6, 6.07) is 11.2. The van der Waals surface area contributed by atoms with E-state index in [1.165, 1.54) is 12.1 Å². The van der Waals surface area contributed by atoms with E-state index in [9.17, 15) is 13.2 Å². The van der Waals surface area contributed by atoms with Crippen molar-refractivity contribution in [2.75, 3.05) is 10.8 Å². The van der Waals surface area contributed by atoms with Crippen molar-refractivity contribution in [2.45, 2.75) is 18.7 Å². The third kappa shape index (κ3) is 3.86. The van der Waals surface area contributed by atoms with Gasteiger partial charge in [0.05, 0.1) is 10.6 Å². The summed E-state index contributed by atoms with van der Waals surface area (Å²) in [6.45, 7) is 3.07. The highest BCUT2D eigenvalue weighted by Gasteiger charge is 2.28. The van der Waals surface area contributed by atoms with Crippen molar-refractivity contribution in [1.29, 1.82) is 0 Å². The van der Waals surface area contributed by atoms with Crippen molar-refractivity contribution >= 4 is 44.2 Å². The number of carbonyl (C=O) groups excluding carboxylic acids is 1. The smallest absolute Gasteiger partial charge is 0.264 e. The van der Waals surface area contributed by atoms with Gasteiger partial charge in [0.25, 0.3) is 10.0 Å². The maximum absolute atomic E-state index is 12.9. The molecule has 0 unspecified atom stereocenters. The lowest BCUT2D eigenvalue weighted by Gasteiger charge is -2.25. The summed E-state index contributed by atoms with van der Waals surface area (Å²) in [7, 11) is -3.94. The van der Waals surface area contributed by atoms with Crippen molar-refractivity contribution in [3.05, 3.63) is 58.6 Å². The molecule has 0 bridgehead atoms. The van der Waals surface area contributed by atoms with Crippen LogP contribution in [-0.2, 0) is 14.8 Å². The molecule has 7 heteroatoms. The fourth-order valence-corrected chi connectivity index (χ4v) is 3.95. The van der Waals surface area contributed by atoms with Crippen molar-refractivity contribution in [3.8, 4) is 0 Å². The number of rotatable bonds is 5. The summed E-state index contributed by atoms with van der Waals surface area (Å²) < 4.78 is 26.8. The van der Waals surface area contributed by atoms with E-state index in [4.69, 9.17) is 23.2 Å². The zero-order chi connectivity index (χ0) is 17.2. The Hall–Kier alpha value is -1.56. The highest BCUT2D eigenvalue weighted by atomic mass is 35.5. The minimum absolute atomic E-state index is 0.0837. The molecule has 0 heterocycles. The number of anilines is 1. The molecule has 0 aliphatic carbocycles. The fourth-order valence-electron chi connectivity index (χ4n) is 2.12. The molecule has 0 saturated carbocycles. The van der Waals surface area contributed by atoms with Crippen LogP contribution in [0.3, 0.4) is 0 Å². The van der Waals surface area contributed by atoms with E-state index in [0.29, 0.717) is 16.3 Å². The second kappa shape index (κ2) is 6.91. The zero-order valence-corrected chi connectivity index (χ0v) is 14.9. The first-order valence-electron chi connectivity index (χ1n) is 6.76. The Morgan fingerprint density at radius 1 is 1.09 bits per heavy atom. The molecule has 122 valence electrons. The van der Waals surface area contributed by atoms with Crippen LogP contribution >= 0.6 is 23.2 Å². The van der Waals surface area contributed by atoms with E-state index in [1.54, 1.807) is 37.3 Å². The van der Waals surface area contributed by atoms with E-state index in [-0.39, 0.29) is 4.90 Å². The molecule has 0 fully saturated rings. The van der Waals surface area contributed by atoms with E-state index in [1.807, 2.05) is 6.92 Å². The van der Waals surface area contributed by atoms with Gasteiger partial charge >= 0.3 is 0 Å². The maximum atomic E-state index is 12.9. The normalized spacial score (nSPS) is 11.3. The molecule has 2 aromatic rings.